The summed E-state index contributed by atoms with van der Waals surface area (Å²) in [6, 6.07) is 0. The van der Waals surface area contributed by atoms with Gasteiger partial charge in [0.15, 0.2) is 0 Å². The van der Waals surface area contributed by atoms with Crippen LogP contribution in [0.4, 0.5) is 0 Å². The van der Waals surface area contributed by atoms with Crippen LogP contribution in [-0.2, 0) is 0 Å². The second-order valence-electron chi connectivity index (χ2n) is 15.2. The number of aliphatic hydroxyl groups excluding tert-OH is 1. The Balaban J connectivity index is 1.54. The summed E-state index contributed by atoms with van der Waals surface area (Å²) in [7, 11) is 0. The third kappa shape index (κ3) is 2.54. The molecule has 0 aromatic carbocycles. The highest BCUT2D eigenvalue weighted by Gasteiger charge is 2.72. The third-order valence-corrected chi connectivity index (χ3v) is 14.2. The highest BCUT2D eigenvalue weighted by molar-refractivity contribution is 5.21. The standard InChI is InChI=1S/C30H52O/c1-20(31)21-12-16-29(7)24-11-10-23-26(4)15-9-14-25(2,3)22(26)13-17-28(23,6)30(24,8)19-18-27(21,29)5/h20-24,31H,9-19H2,1-8H3/t20?,21-,22-,23+,24+,26-,27-,28+,29+,30+/m0/s1. The molecule has 0 aliphatic heterocycles. The summed E-state index contributed by atoms with van der Waals surface area (Å²) >= 11 is 0. The van der Waals surface area contributed by atoms with Crippen LogP contribution in [-0.4, -0.2) is 11.2 Å². The smallest absolute Gasteiger partial charge is 0.0545 e. The van der Waals surface area contributed by atoms with Crippen molar-refractivity contribution >= 4 is 0 Å². The van der Waals surface area contributed by atoms with Gasteiger partial charge in [-0.25, -0.2) is 0 Å². The van der Waals surface area contributed by atoms with Crippen molar-refractivity contribution < 1.29 is 5.11 Å². The molecule has 1 N–H and O–H groups in total. The topological polar surface area (TPSA) is 20.2 Å². The second kappa shape index (κ2) is 6.55. The molecule has 0 amide bonds. The number of hydrogen-bond donors (Lipinski definition) is 1. The fourth-order valence-corrected chi connectivity index (χ4v) is 12.3. The van der Waals surface area contributed by atoms with Crippen molar-refractivity contribution in [1.82, 2.24) is 0 Å². The summed E-state index contributed by atoms with van der Waals surface area (Å²) in [5.74, 6) is 3.16. The predicted octanol–water partition coefficient (Wildman–Crippen LogP) is 8.25. The lowest BCUT2D eigenvalue weighted by molar-refractivity contribution is -0.255. The molecule has 178 valence electrons. The monoisotopic (exact) mass is 428 g/mol. The number of aliphatic hydroxyl groups is 1. The SMILES string of the molecule is CC(O)[C@@H]1CC[C@]2(C)[C@H]3CC[C@@H]4[C@@]5(C)CCCC(C)(C)[C@@H]5CC[C@@]4(C)[C@]3(C)CC[C@@]12C. The van der Waals surface area contributed by atoms with Gasteiger partial charge in [-0.05, 0) is 127 Å². The quantitative estimate of drug-likeness (QED) is 0.445. The molecule has 0 radical (unpaired) electrons. The zero-order valence-corrected chi connectivity index (χ0v) is 22.1. The first-order valence-electron chi connectivity index (χ1n) is 13.9. The molecule has 0 aromatic rings. The van der Waals surface area contributed by atoms with Gasteiger partial charge in [0.2, 0.25) is 0 Å². The maximum Gasteiger partial charge on any atom is 0.0545 e. The molecule has 1 heteroatoms. The van der Waals surface area contributed by atoms with Crippen LogP contribution in [0, 0.1) is 56.2 Å². The minimum atomic E-state index is -0.151. The van der Waals surface area contributed by atoms with E-state index in [0.717, 1.165) is 17.8 Å². The summed E-state index contributed by atoms with van der Waals surface area (Å²) in [5, 5.41) is 10.7. The van der Waals surface area contributed by atoms with Gasteiger partial charge in [0.25, 0.3) is 0 Å². The van der Waals surface area contributed by atoms with E-state index in [1.807, 2.05) is 0 Å². The van der Waals surface area contributed by atoms with Gasteiger partial charge < -0.3 is 5.11 Å². The van der Waals surface area contributed by atoms with E-state index in [2.05, 4.69) is 55.4 Å². The molecule has 5 saturated carbocycles. The van der Waals surface area contributed by atoms with Crippen molar-refractivity contribution in [2.45, 2.75) is 132 Å². The van der Waals surface area contributed by atoms with Crippen LogP contribution in [0.2, 0.25) is 0 Å². The van der Waals surface area contributed by atoms with Gasteiger partial charge in [-0.3, -0.25) is 0 Å². The molecule has 31 heavy (non-hydrogen) atoms. The van der Waals surface area contributed by atoms with E-state index in [0.29, 0.717) is 38.4 Å². The Morgan fingerprint density at radius 1 is 0.581 bits per heavy atom. The van der Waals surface area contributed by atoms with Gasteiger partial charge in [0.05, 0.1) is 6.10 Å². The normalized spacial score (nSPS) is 59.1. The van der Waals surface area contributed by atoms with E-state index < -0.39 is 0 Å². The molecule has 1 nitrogen and oxygen atoms in total. The molecule has 0 saturated heterocycles. The summed E-state index contributed by atoms with van der Waals surface area (Å²) in [4.78, 5) is 0. The summed E-state index contributed by atoms with van der Waals surface area (Å²) in [6.45, 7) is 20.7. The molecule has 10 atom stereocenters. The molecule has 0 spiro atoms. The Hall–Kier alpha value is -0.0400. The van der Waals surface area contributed by atoms with Crippen LogP contribution in [0.3, 0.4) is 0 Å². The summed E-state index contributed by atoms with van der Waals surface area (Å²) in [6.07, 6.45) is 15.3. The lowest BCUT2D eigenvalue weighted by Gasteiger charge is -2.74. The lowest BCUT2D eigenvalue weighted by Crippen LogP contribution is -2.67. The highest BCUT2D eigenvalue weighted by Crippen LogP contribution is 2.80. The average Bonchev–Trinajstić information content (AvgIpc) is 2.93. The van der Waals surface area contributed by atoms with Crippen molar-refractivity contribution in [1.29, 1.82) is 0 Å². The first-order chi connectivity index (χ1) is 14.3. The lowest BCUT2D eigenvalue weighted by atomic mass is 9.31. The minimum Gasteiger partial charge on any atom is -0.393 e. The van der Waals surface area contributed by atoms with Crippen molar-refractivity contribution in [3.05, 3.63) is 0 Å². The van der Waals surface area contributed by atoms with Gasteiger partial charge in [-0.15, -0.1) is 0 Å². The van der Waals surface area contributed by atoms with Crippen LogP contribution in [0.5, 0.6) is 0 Å². The molecule has 5 aliphatic carbocycles. The largest absolute Gasteiger partial charge is 0.393 e. The maximum absolute atomic E-state index is 10.7. The van der Waals surface area contributed by atoms with Gasteiger partial charge in [-0.2, -0.15) is 0 Å². The number of fused-ring (bicyclic) bond motifs is 7. The second-order valence-corrected chi connectivity index (χ2v) is 15.2. The Kier molecular flexibility index (Phi) is 4.80. The van der Waals surface area contributed by atoms with E-state index in [-0.39, 0.29) is 6.10 Å². The molecule has 1 unspecified atom stereocenters. The molecule has 0 aromatic heterocycles. The van der Waals surface area contributed by atoms with Crippen molar-refractivity contribution in [2.24, 2.45) is 56.2 Å². The minimum absolute atomic E-state index is 0.151. The van der Waals surface area contributed by atoms with Crippen LogP contribution in [0.1, 0.15) is 126 Å². The fraction of sp³-hybridized carbons (Fsp3) is 1.00. The number of rotatable bonds is 1. The fourth-order valence-electron chi connectivity index (χ4n) is 12.3. The number of hydrogen-bond acceptors (Lipinski definition) is 1. The Bertz CT molecular complexity index is 739. The molecular formula is C30H52O. The molecule has 5 fully saturated rings. The molecule has 0 heterocycles. The van der Waals surface area contributed by atoms with Crippen LogP contribution in [0.25, 0.3) is 0 Å². The van der Waals surface area contributed by atoms with Crippen molar-refractivity contribution in [3.63, 3.8) is 0 Å². The summed E-state index contributed by atoms with van der Waals surface area (Å²) in [5.41, 5.74) is 2.75. The van der Waals surface area contributed by atoms with Crippen molar-refractivity contribution in [3.8, 4) is 0 Å². The van der Waals surface area contributed by atoms with Gasteiger partial charge in [-0.1, -0.05) is 54.9 Å². The zero-order valence-electron chi connectivity index (χ0n) is 22.1. The Labute approximate surface area is 193 Å². The van der Waals surface area contributed by atoms with Crippen molar-refractivity contribution in [2.75, 3.05) is 0 Å². The Morgan fingerprint density at radius 3 is 1.81 bits per heavy atom. The van der Waals surface area contributed by atoms with Crippen LogP contribution in [0.15, 0.2) is 0 Å². The Morgan fingerprint density at radius 2 is 1.13 bits per heavy atom. The van der Waals surface area contributed by atoms with E-state index in [9.17, 15) is 5.11 Å². The zero-order chi connectivity index (χ0) is 22.7. The molecular weight excluding hydrogens is 376 g/mol. The van der Waals surface area contributed by atoms with Gasteiger partial charge in [0.1, 0.15) is 0 Å². The van der Waals surface area contributed by atoms with E-state index in [4.69, 9.17) is 0 Å². The molecule has 0 bridgehead atoms. The third-order valence-electron chi connectivity index (χ3n) is 14.2. The first-order valence-corrected chi connectivity index (χ1v) is 13.9. The first kappa shape index (κ1) is 22.7. The maximum atomic E-state index is 10.7. The van der Waals surface area contributed by atoms with Crippen LogP contribution < -0.4 is 0 Å². The summed E-state index contributed by atoms with van der Waals surface area (Å²) < 4.78 is 0. The van der Waals surface area contributed by atoms with E-state index >= 15 is 0 Å². The van der Waals surface area contributed by atoms with Crippen LogP contribution >= 0.6 is 0 Å². The highest BCUT2D eigenvalue weighted by atomic mass is 16.3. The van der Waals surface area contributed by atoms with Gasteiger partial charge in [0, 0.05) is 0 Å². The average molecular weight is 429 g/mol. The molecule has 5 aliphatic rings. The predicted molar refractivity (Wildman–Crippen MR) is 131 cm³/mol. The van der Waals surface area contributed by atoms with E-state index in [1.165, 1.54) is 70.6 Å². The molecule has 5 rings (SSSR count). The van der Waals surface area contributed by atoms with E-state index in [1.54, 1.807) is 0 Å². The van der Waals surface area contributed by atoms with Gasteiger partial charge >= 0.3 is 0 Å².